The Labute approximate surface area is 203 Å². The molecule has 3 aromatic carbocycles. The molecule has 0 bridgehead atoms. The molecule has 1 aliphatic heterocycles. The third-order valence-electron chi connectivity index (χ3n) is 6.70. The Hall–Kier alpha value is -2.96. The van der Waals surface area contributed by atoms with Gasteiger partial charge in [0, 0.05) is 23.3 Å². The van der Waals surface area contributed by atoms with Crippen LogP contribution in [0, 0.1) is 11.7 Å². The number of carbonyl (C=O) groups is 1. The first kappa shape index (κ1) is 22.8. The van der Waals surface area contributed by atoms with Crippen molar-refractivity contribution in [2.24, 2.45) is 10.9 Å². The molecule has 174 valence electrons. The Balaban J connectivity index is 1.44. The molecule has 1 unspecified atom stereocenters. The molecule has 1 saturated carbocycles. The van der Waals surface area contributed by atoms with Gasteiger partial charge in [0.05, 0.1) is 18.2 Å². The number of halogens is 1. The van der Waals surface area contributed by atoms with Crippen LogP contribution in [0.25, 0.3) is 0 Å². The SMILES string of the molecule is O=C(NC1=N[C@@]2(c3ccccc3F)CC(OCc3ccccc3)CC[C@H]2CS1)c1ccccc1. The normalized spacial score (nSPS) is 24.1. The van der Waals surface area contributed by atoms with E-state index in [9.17, 15) is 4.79 Å². The number of ether oxygens (including phenoxy) is 1. The van der Waals surface area contributed by atoms with Crippen molar-refractivity contribution in [1.82, 2.24) is 5.32 Å². The molecule has 0 radical (unpaired) electrons. The van der Waals surface area contributed by atoms with Crippen molar-refractivity contribution in [1.29, 1.82) is 0 Å². The first-order valence-corrected chi connectivity index (χ1v) is 12.6. The summed E-state index contributed by atoms with van der Waals surface area (Å²) in [6.07, 6.45) is 2.34. The summed E-state index contributed by atoms with van der Waals surface area (Å²) in [5.41, 5.74) is 1.50. The third kappa shape index (κ3) is 4.79. The summed E-state index contributed by atoms with van der Waals surface area (Å²) < 4.78 is 21.5. The number of carbonyl (C=O) groups excluding carboxylic acids is 1. The molecule has 3 aromatic rings. The van der Waals surface area contributed by atoms with Crippen molar-refractivity contribution in [3.8, 4) is 0 Å². The molecule has 2 aliphatic rings. The van der Waals surface area contributed by atoms with Crippen molar-refractivity contribution in [3.05, 3.63) is 107 Å². The number of rotatable bonds is 5. The van der Waals surface area contributed by atoms with Crippen molar-refractivity contribution in [2.75, 3.05) is 5.75 Å². The van der Waals surface area contributed by atoms with E-state index < -0.39 is 5.54 Å². The fourth-order valence-electron chi connectivity index (χ4n) is 4.95. The Bertz CT molecular complexity index is 1170. The molecular formula is C28H27FN2O2S. The van der Waals surface area contributed by atoms with Gasteiger partial charge in [0.1, 0.15) is 5.82 Å². The van der Waals surface area contributed by atoms with Crippen molar-refractivity contribution < 1.29 is 13.9 Å². The largest absolute Gasteiger partial charge is 0.373 e. The van der Waals surface area contributed by atoms with Gasteiger partial charge in [-0.05, 0) is 42.5 Å². The van der Waals surface area contributed by atoms with Crippen LogP contribution in [0.5, 0.6) is 0 Å². The van der Waals surface area contributed by atoms with Gasteiger partial charge in [-0.15, -0.1) is 0 Å². The molecule has 0 spiro atoms. The summed E-state index contributed by atoms with van der Waals surface area (Å²) in [5.74, 6) is 0.471. The van der Waals surface area contributed by atoms with Gasteiger partial charge in [0.15, 0.2) is 5.17 Å². The highest BCUT2D eigenvalue weighted by Crippen LogP contribution is 2.50. The maximum Gasteiger partial charge on any atom is 0.257 e. The second-order valence-corrected chi connectivity index (χ2v) is 9.86. The predicted octanol–water partition coefficient (Wildman–Crippen LogP) is 5.94. The monoisotopic (exact) mass is 474 g/mol. The lowest BCUT2D eigenvalue weighted by molar-refractivity contribution is -0.0199. The van der Waals surface area contributed by atoms with Gasteiger partial charge in [-0.3, -0.25) is 9.79 Å². The molecule has 0 saturated heterocycles. The molecular weight excluding hydrogens is 447 g/mol. The van der Waals surface area contributed by atoms with E-state index in [1.807, 2.05) is 60.7 Å². The lowest BCUT2D eigenvalue weighted by atomic mass is 9.68. The van der Waals surface area contributed by atoms with Crippen molar-refractivity contribution in [2.45, 2.75) is 37.5 Å². The van der Waals surface area contributed by atoms with Gasteiger partial charge in [-0.25, -0.2) is 4.39 Å². The summed E-state index contributed by atoms with van der Waals surface area (Å²) in [5, 5.41) is 3.50. The minimum Gasteiger partial charge on any atom is -0.373 e. The average Bonchev–Trinajstić information content (AvgIpc) is 2.88. The van der Waals surface area contributed by atoms with Crippen LogP contribution in [-0.2, 0) is 16.9 Å². The van der Waals surface area contributed by atoms with Gasteiger partial charge >= 0.3 is 0 Å². The van der Waals surface area contributed by atoms with E-state index >= 15 is 4.39 Å². The summed E-state index contributed by atoms with van der Waals surface area (Å²) >= 11 is 1.54. The van der Waals surface area contributed by atoms with E-state index in [0.29, 0.717) is 29.3 Å². The van der Waals surface area contributed by atoms with E-state index in [0.717, 1.165) is 24.2 Å². The molecule has 34 heavy (non-hydrogen) atoms. The first-order valence-electron chi connectivity index (χ1n) is 11.6. The Morgan fingerprint density at radius 1 is 1.00 bits per heavy atom. The van der Waals surface area contributed by atoms with Crippen LogP contribution < -0.4 is 5.32 Å². The minimum atomic E-state index is -0.768. The quantitative estimate of drug-likeness (QED) is 0.498. The van der Waals surface area contributed by atoms with Crippen LogP contribution in [0.1, 0.15) is 40.7 Å². The molecule has 1 amide bonds. The fraction of sp³-hybridized carbons (Fsp3) is 0.286. The average molecular weight is 475 g/mol. The van der Waals surface area contributed by atoms with E-state index in [1.165, 1.54) is 17.8 Å². The number of nitrogens with zero attached hydrogens (tertiary/aromatic N) is 1. The number of hydrogen-bond acceptors (Lipinski definition) is 4. The second kappa shape index (κ2) is 10.1. The lowest BCUT2D eigenvalue weighted by Crippen LogP contribution is -2.48. The topological polar surface area (TPSA) is 50.7 Å². The Morgan fingerprint density at radius 2 is 1.71 bits per heavy atom. The van der Waals surface area contributed by atoms with Crippen LogP contribution in [0.2, 0.25) is 0 Å². The van der Waals surface area contributed by atoms with Crippen LogP contribution in [0.4, 0.5) is 4.39 Å². The van der Waals surface area contributed by atoms with Gasteiger partial charge < -0.3 is 10.1 Å². The number of fused-ring (bicyclic) bond motifs is 1. The van der Waals surface area contributed by atoms with E-state index in [2.05, 4.69) is 5.32 Å². The maximum absolute atomic E-state index is 15.2. The maximum atomic E-state index is 15.2. The zero-order chi connectivity index (χ0) is 23.4. The number of hydrogen-bond donors (Lipinski definition) is 1. The number of thioether (sulfide) groups is 1. The van der Waals surface area contributed by atoms with E-state index in [-0.39, 0.29) is 23.7 Å². The van der Waals surface area contributed by atoms with Gasteiger partial charge in [-0.2, -0.15) is 0 Å². The van der Waals surface area contributed by atoms with Gasteiger partial charge in [-0.1, -0.05) is 78.5 Å². The molecule has 1 aliphatic carbocycles. The summed E-state index contributed by atoms with van der Waals surface area (Å²) in [6.45, 7) is 0.513. The van der Waals surface area contributed by atoms with Crippen molar-refractivity contribution >= 4 is 22.8 Å². The molecule has 0 aromatic heterocycles. The van der Waals surface area contributed by atoms with E-state index in [4.69, 9.17) is 9.73 Å². The van der Waals surface area contributed by atoms with Crippen LogP contribution in [0.3, 0.4) is 0 Å². The number of aliphatic imine (C=N–C) groups is 1. The molecule has 6 heteroatoms. The standard InChI is InChI=1S/C28H27FN2O2S/c29-25-14-8-7-13-24(25)28-17-23(33-18-20-9-3-1-4-10-20)16-15-22(28)19-34-27(31-28)30-26(32)21-11-5-2-6-12-21/h1-14,22-23H,15-19H2,(H,30,31,32)/t22-,23?,28-/m0/s1. The highest BCUT2D eigenvalue weighted by atomic mass is 32.2. The zero-order valence-electron chi connectivity index (χ0n) is 18.8. The summed E-state index contributed by atoms with van der Waals surface area (Å²) in [4.78, 5) is 17.9. The minimum absolute atomic E-state index is 0.0472. The molecule has 1 fully saturated rings. The fourth-order valence-corrected chi connectivity index (χ4v) is 6.14. The second-order valence-electron chi connectivity index (χ2n) is 8.85. The number of nitrogens with one attached hydrogen (secondary N) is 1. The van der Waals surface area contributed by atoms with Crippen molar-refractivity contribution in [3.63, 3.8) is 0 Å². The third-order valence-corrected chi connectivity index (χ3v) is 7.73. The molecule has 5 rings (SSSR count). The highest BCUT2D eigenvalue weighted by Gasteiger charge is 2.49. The van der Waals surface area contributed by atoms with Crippen LogP contribution in [-0.4, -0.2) is 22.9 Å². The lowest BCUT2D eigenvalue weighted by Gasteiger charge is -2.47. The number of benzene rings is 3. The predicted molar refractivity (Wildman–Crippen MR) is 134 cm³/mol. The van der Waals surface area contributed by atoms with Crippen LogP contribution in [0.15, 0.2) is 89.9 Å². The summed E-state index contributed by atoms with van der Waals surface area (Å²) in [7, 11) is 0. The summed E-state index contributed by atoms with van der Waals surface area (Å²) in [6, 6.07) is 26.0. The highest BCUT2D eigenvalue weighted by molar-refractivity contribution is 8.13. The van der Waals surface area contributed by atoms with Gasteiger partial charge in [0.2, 0.25) is 0 Å². The number of amidine groups is 1. The number of amides is 1. The van der Waals surface area contributed by atoms with E-state index in [1.54, 1.807) is 18.2 Å². The zero-order valence-corrected chi connectivity index (χ0v) is 19.6. The molecule has 3 atom stereocenters. The Kier molecular flexibility index (Phi) is 6.79. The van der Waals surface area contributed by atoms with Crippen LogP contribution >= 0.6 is 11.8 Å². The first-order chi connectivity index (χ1) is 16.6. The molecule has 1 heterocycles. The Morgan fingerprint density at radius 3 is 2.47 bits per heavy atom. The van der Waals surface area contributed by atoms with Gasteiger partial charge in [0.25, 0.3) is 5.91 Å². The smallest absolute Gasteiger partial charge is 0.257 e. The molecule has 4 nitrogen and oxygen atoms in total. The molecule has 1 N–H and O–H groups in total.